The van der Waals surface area contributed by atoms with E-state index in [0.717, 1.165) is 16.7 Å². The molecular weight excluding hydrogens is 286 g/mol. The van der Waals surface area contributed by atoms with Crippen LogP contribution in [-0.4, -0.2) is 5.91 Å². The van der Waals surface area contributed by atoms with E-state index in [-0.39, 0.29) is 11.9 Å². The van der Waals surface area contributed by atoms with E-state index in [2.05, 4.69) is 5.32 Å². The highest BCUT2D eigenvalue weighted by molar-refractivity contribution is 6.30. The Morgan fingerprint density at radius 3 is 2.57 bits per heavy atom. The average molecular weight is 300 g/mol. The molecule has 0 saturated heterocycles. The maximum atomic E-state index is 12.2. The highest BCUT2D eigenvalue weighted by Crippen LogP contribution is 2.23. The summed E-state index contributed by atoms with van der Waals surface area (Å²) < 4.78 is 5.75. The summed E-state index contributed by atoms with van der Waals surface area (Å²) in [4.78, 5) is 12.2. The number of fused-ring (bicyclic) bond motifs is 1. The first-order chi connectivity index (χ1) is 10.1. The van der Waals surface area contributed by atoms with Gasteiger partial charge in [0.1, 0.15) is 11.3 Å². The summed E-state index contributed by atoms with van der Waals surface area (Å²) in [6, 6.07) is 16.3. The van der Waals surface area contributed by atoms with Crippen molar-refractivity contribution < 1.29 is 9.21 Å². The molecule has 2 aromatic carbocycles. The predicted octanol–water partition coefficient (Wildman–Crippen LogP) is 4.58. The molecule has 3 nitrogen and oxygen atoms in total. The van der Waals surface area contributed by atoms with Crippen LogP contribution in [0.1, 0.15) is 29.1 Å². The molecule has 0 spiro atoms. The predicted molar refractivity (Wildman–Crippen MR) is 83.5 cm³/mol. The Bertz CT molecular complexity index is 744. The van der Waals surface area contributed by atoms with Gasteiger partial charge in [-0.2, -0.15) is 0 Å². The number of nitrogens with one attached hydrogen (secondary N) is 1. The van der Waals surface area contributed by atoms with Crippen molar-refractivity contribution in [1.82, 2.24) is 5.32 Å². The molecule has 21 heavy (non-hydrogen) atoms. The van der Waals surface area contributed by atoms with Crippen molar-refractivity contribution in [3.8, 4) is 0 Å². The van der Waals surface area contributed by atoms with Gasteiger partial charge in [-0.1, -0.05) is 29.8 Å². The summed E-state index contributed by atoms with van der Waals surface area (Å²) in [6.07, 6.45) is 0. The number of halogens is 1. The minimum Gasteiger partial charge on any atom is -0.459 e. The van der Waals surface area contributed by atoms with Crippen molar-refractivity contribution >= 4 is 28.5 Å². The maximum Gasteiger partial charge on any atom is 0.251 e. The van der Waals surface area contributed by atoms with Crippen LogP contribution < -0.4 is 5.32 Å². The zero-order chi connectivity index (χ0) is 14.8. The van der Waals surface area contributed by atoms with E-state index in [4.69, 9.17) is 16.0 Å². The van der Waals surface area contributed by atoms with Gasteiger partial charge in [0.2, 0.25) is 0 Å². The molecule has 0 saturated carbocycles. The Labute approximate surface area is 127 Å². The second-order valence-electron chi connectivity index (χ2n) is 4.89. The van der Waals surface area contributed by atoms with Crippen LogP contribution in [0, 0.1) is 0 Å². The summed E-state index contributed by atoms with van der Waals surface area (Å²) in [6.45, 7) is 1.89. The average Bonchev–Trinajstić information content (AvgIpc) is 2.92. The van der Waals surface area contributed by atoms with Gasteiger partial charge in [0, 0.05) is 16.0 Å². The monoisotopic (exact) mass is 299 g/mol. The molecule has 1 N–H and O–H groups in total. The van der Waals surface area contributed by atoms with Gasteiger partial charge >= 0.3 is 0 Å². The fraction of sp³-hybridized carbons (Fsp3) is 0.118. The molecule has 0 bridgehead atoms. The van der Waals surface area contributed by atoms with Crippen molar-refractivity contribution in [3.63, 3.8) is 0 Å². The number of benzene rings is 2. The number of carbonyl (C=O) groups excluding carboxylic acids is 1. The van der Waals surface area contributed by atoms with Gasteiger partial charge in [-0.05, 0) is 43.3 Å². The Hall–Kier alpha value is -2.26. The Kier molecular flexibility index (Phi) is 3.67. The van der Waals surface area contributed by atoms with Crippen LogP contribution in [0.5, 0.6) is 0 Å². The topological polar surface area (TPSA) is 42.2 Å². The minimum atomic E-state index is -0.208. The number of hydrogen-bond donors (Lipinski definition) is 1. The van der Waals surface area contributed by atoms with Gasteiger partial charge in [-0.3, -0.25) is 4.79 Å². The van der Waals surface area contributed by atoms with Crippen LogP contribution in [0.2, 0.25) is 5.02 Å². The largest absolute Gasteiger partial charge is 0.459 e. The van der Waals surface area contributed by atoms with E-state index < -0.39 is 0 Å². The molecule has 0 fully saturated rings. The first-order valence-electron chi connectivity index (χ1n) is 6.68. The summed E-state index contributed by atoms with van der Waals surface area (Å²) >= 11 is 5.82. The van der Waals surface area contributed by atoms with E-state index in [1.165, 1.54) is 0 Å². The normalized spacial score (nSPS) is 12.3. The quantitative estimate of drug-likeness (QED) is 0.769. The molecule has 1 heterocycles. The van der Waals surface area contributed by atoms with Crippen LogP contribution in [0.3, 0.4) is 0 Å². The van der Waals surface area contributed by atoms with Crippen molar-refractivity contribution in [2.75, 3.05) is 0 Å². The maximum absolute atomic E-state index is 12.2. The first kappa shape index (κ1) is 13.7. The van der Waals surface area contributed by atoms with Crippen molar-refractivity contribution in [1.29, 1.82) is 0 Å². The van der Waals surface area contributed by atoms with E-state index >= 15 is 0 Å². The molecule has 106 valence electrons. The Morgan fingerprint density at radius 2 is 1.86 bits per heavy atom. The first-order valence-corrected chi connectivity index (χ1v) is 7.06. The van der Waals surface area contributed by atoms with E-state index in [1.54, 1.807) is 24.3 Å². The Morgan fingerprint density at radius 1 is 1.14 bits per heavy atom. The molecule has 1 amide bonds. The lowest BCUT2D eigenvalue weighted by atomic mass is 10.1. The van der Waals surface area contributed by atoms with Crippen molar-refractivity contribution in [2.24, 2.45) is 0 Å². The third-order valence-corrected chi connectivity index (χ3v) is 3.58. The molecule has 4 heteroatoms. The summed E-state index contributed by atoms with van der Waals surface area (Å²) in [5.41, 5.74) is 1.39. The van der Waals surface area contributed by atoms with Gasteiger partial charge in [0.25, 0.3) is 5.91 Å². The number of carbonyl (C=O) groups is 1. The fourth-order valence-electron chi connectivity index (χ4n) is 2.17. The third-order valence-electron chi connectivity index (χ3n) is 3.33. The SMILES string of the molecule is C[C@@H](NC(=O)c1ccc(Cl)cc1)c1cc2ccccc2o1. The van der Waals surface area contributed by atoms with Gasteiger partial charge < -0.3 is 9.73 Å². The van der Waals surface area contributed by atoms with Crippen LogP contribution >= 0.6 is 11.6 Å². The van der Waals surface area contributed by atoms with Crippen LogP contribution in [0.25, 0.3) is 11.0 Å². The molecule has 3 rings (SSSR count). The molecule has 0 unspecified atom stereocenters. The van der Waals surface area contributed by atoms with Gasteiger partial charge in [0.05, 0.1) is 6.04 Å². The number of amides is 1. The molecule has 0 aliphatic carbocycles. The van der Waals surface area contributed by atoms with Crippen molar-refractivity contribution in [3.05, 3.63) is 70.9 Å². The highest BCUT2D eigenvalue weighted by Gasteiger charge is 2.15. The summed E-state index contributed by atoms with van der Waals surface area (Å²) in [5.74, 6) is 0.582. The number of furan rings is 1. The van der Waals surface area contributed by atoms with E-state index in [9.17, 15) is 4.79 Å². The fourth-order valence-corrected chi connectivity index (χ4v) is 2.29. The zero-order valence-electron chi connectivity index (χ0n) is 11.5. The number of rotatable bonds is 3. The lowest BCUT2D eigenvalue weighted by Gasteiger charge is -2.11. The molecule has 0 radical (unpaired) electrons. The summed E-state index contributed by atoms with van der Waals surface area (Å²) in [7, 11) is 0. The van der Waals surface area contributed by atoms with Crippen LogP contribution in [0.4, 0.5) is 0 Å². The van der Waals surface area contributed by atoms with Gasteiger partial charge in [-0.25, -0.2) is 0 Å². The smallest absolute Gasteiger partial charge is 0.251 e. The molecular formula is C17H14ClNO2. The lowest BCUT2D eigenvalue weighted by molar-refractivity contribution is 0.0935. The molecule has 0 aliphatic rings. The van der Waals surface area contributed by atoms with Gasteiger partial charge in [-0.15, -0.1) is 0 Å². The molecule has 3 aromatic rings. The van der Waals surface area contributed by atoms with E-state index in [0.29, 0.717) is 10.6 Å². The van der Waals surface area contributed by atoms with Gasteiger partial charge in [0.15, 0.2) is 0 Å². The lowest BCUT2D eigenvalue weighted by Crippen LogP contribution is -2.26. The summed E-state index contributed by atoms with van der Waals surface area (Å²) in [5, 5.41) is 4.55. The van der Waals surface area contributed by atoms with Crippen molar-refractivity contribution in [2.45, 2.75) is 13.0 Å². The molecule has 0 aliphatic heterocycles. The Balaban J connectivity index is 1.77. The van der Waals surface area contributed by atoms with Crippen LogP contribution in [-0.2, 0) is 0 Å². The van der Waals surface area contributed by atoms with Crippen LogP contribution in [0.15, 0.2) is 59.0 Å². The highest BCUT2D eigenvalue weighted by atomic mass is 35.5. The molecule has 1 aromatic heterocycles. The standard InChI is InChI=1S/C17H14ClNO2/c1-11(16-10-13-4-2-3-5-15(13)21-16)19-17(20)12-6-8-14(18)9-7-12/h2-11H,1H3,(H,19,20)/t11-/m1/s1. The number of hydrogen-bond acceptors (Lipinski definition) is 2. The third kappa shape index (κ3) is 2.93. The number of para-hydroxylation sites is 1. The minimum absolute atomic E-state index is 0.153. The second-order valence-corrected chi connectivity index (χ2v) is 5.33. The second kappa shape index (κ2) is 5.62. The van der Waals surface area contributed by atoms with E-state index in [1.807, 2.05) is 37.3 Å². The molecule has 1 atom stereocenters. The zero-order valence-corrected chi connectivity index (χ0v) is 12.2.